The first-order chi connectivity index (χ1) is 10.8. The van der Waals surface area contributed by atoms with Crippen LogP contribution < -0.4 is 5.30 Å². The summed E-state index contributed by atoms with van der Waals surface area (Å²) in [7, 11) is 1.25. The van der Waals surface area contributed by atoms with E-state index in [9.17, 15) is 0 Å². The predicted octanol–water partition coefficient (Wildman–Crippen LogP) is 5.77. The van der Waals surface area contributed by atoms with Crippen LogP contribution in [-0.4, -0.2) is 18.6 Å². The fourth-order valence-electron chi connectivity index (χ4n) is 3.22. The molecule has 0 aromatic heterocycles. The third-order valence-corrected chi connectivity index (χ3v) is 7.75. The number of fused-ring (bicyclic) bond motifs is 3. The topological polar surface area (TPSA) is 0 Å². The van der Waals surface area contributed by atoms with Crippen LogP contribution in [0.25, 0.3) is 11.1 Å². The van der Waals surface area contributed by atoms with E-state index in [0.717, 1.165) is 5.92 Å². The van der Waals surface area contributed by atoms with Crippen LogP contribution in [-0.2, 0) is 6.16 Å². The van der Waals surface area contributed by atoms with Gasteiger partial charge in [0.2, 0.25) is 0 Å². The monoisotopic (exact) mass is 326 g/mol. The molecule has 0 nitrogen and oxygen atoms in total. The average Bonchev–Trinajstić information content (AvgIpc) is 2.58. The van der Waals surface area contributed by atoms with Gasteiger partial charge in [-0.3, -0.25) is 0 Å². The van der Waals surface area contributed by atoms with Crippen molar-refractivity contribution in [3.63, 3.8) is 0 Å². The van der Waals surface area contributed by atoms with E-state index in [1.54, 1.807) is 10.9 Å². The predicted molar refractivity (Wildman–Crippen MR) is 104 cm³/mol. The van der Waals surface area contributed by atoms with E-state index in [1.807, 2.05) is 0 Å². The summed E-state index contributed by atoms with van der Waals surface area (Å²) in [5.74, 6) is 0.834. The van der Waals surface area contributed by atoms with Gasteiger partial charge in [-0.2, -0.15) is 0 Å². The lowest BCUT2D eigenvalue weighted by molar-refractivity contribution is 0.552. The van der Waals surface area contributed by atoms with Crippen LogP contribution >= 0.6 is 16.1 Å². The summed E-state index contributed by atoms with van der Waals surface area (Å²) >= 11 is 0. The maximum absolute atomic E-state index is 3.94. The van der Waals surface area contributed by atoms with Crippen molar-refractivity contribution in [3.05, 3.63) is 54.1 Å². The van der Waals surface area contributed by atoms with Crippen LogP contribution in [0, 0.1) is 5.92 Å². The molecule has 3 rings (SSSR count). The first-order valence-corrected chi connectivity index (χ1v) is 11.1. The van der Waals surface area contributed by atoms with Crippen LogP contribution in [0.2, 0.25) is 0 Å². The van der Waals surface area contributed by atoms with Gasteiger partial charge in [-0.15, -0.1) is 8.20 Å². The Bertz CT molecular complexity index is 648. The Kier molecular flexibility index (Phi) is 5.46. The first kappa shape index (κ1) is 15.9. The highest BCUT2D eigenvalue weighted by Crippen LogP contribution is 2.48. The zero-order valence-corrected chi connectivity index (χ0v) is 15.1. The van der Waals surface area contributed by atoms with E-state index in [2.05, 4.69) is 61.8 Å². The van der Waals surface area contributed by atoms with Gasteiger partial charge in [-0.1, -0.05) is 69.7 Å². The molecule has 0 bridgehead atoms. The molecule has 0 spiro atoms. The van der Waals surface area contributed by atoms with Crippen LogP contribution in [0.4, 0.5) is 0 Å². The van der Waals surface area contributed by atoms with E-state index in [1.165, 1.54) is 50.7 Å². The number of hydrogen-bond donors (Lipinski definition) is 0. The van der Waals surface area contributed by atoms with Gasteiger partial charge in [0.25, 0.3) is 0 Å². The van der Waals surface area contributed by atoms with E-state index >= 15 is 0 Å². The zero-order chi connectivity index (χ0) is 15.4. The Hall–Kier alpha value is -0.960. The van der Waals surface area contributed by atoms with Crippen LogP contribution in [0.1, 0.15) is 25.3 Å². The molecule has 0 aliphatic carbocycles. The van der Waals surface area contributed by atoms with E-state index < -0.39 is 0 Å². The van der Waals surface area contributed by atoms with Crippen molar-refractivity contribution < 1.29 is 0 Å². The van der Waals surface area contributed by atoms with Gasteiger partial charge in [-0.25, -0.2) is 0 Å². The highest BCUT2D eigenvalue weighted by Gasteiger charge is 2.23. The second kappa shape index (κ2) is 7.54. The minimum atomic E-state index is -0.0396. The maximum atomic E-state index is 3.94. The van der Waals surface area contributed by atoms with Crippen molar-refractivity contribution in [2.75, 3.05) is 12.3 Å². The van der Waals surface area contributed by atoms with Gasteiger partial charge in [0, 0.05) is 0 Å². The maximum Gasteiger partial charge on any atom is -0.00264 e. The van der Waals surface area contributed by atoms with Crippen LogP contribution in [0.5, 0.6) is 0 Å². The third kappa shape index (κ3) is 3.51. The lowest BCUT2D eigenvalue weighted by atomic mass is 10.0. The minimum absolute atomic E-state index is 0.0396. The summed E-state index contributed by atoms with van der Waals surface area (Å²) in [4.78, 5) is 0. The summed E-state index contributed by atoms with van der Waals surface area (Å²) in [5.41, 5.74) is 4.50. The molecule has 22 heavy (non-hydrogen) atoms. The Balaban J connectivity index is 1.78. The summed E-state index contributed by atoms with van der Waals surface area (Å²) < 4.78 is 0. The number of hydrogen-bond acceptors (Lipinski definition) is 0. The molecule has 114 valence electrons. The molecular formula is C20H24P2. The van der Waals surface area contributed by atoms with Crippen LogP contribution in [0.15, 0.2) is 48.5 Å². The molecule has 1 aliphatic heterocycles. The van der Waals surface area contributed by atoms with Gasteiger partial charge in [0.1, 0.15) is 0 Å². The van der Waals surface area contributed by atoms with Crippen molar-refractivity contribution in [1.82, 2.24) is 0 Å². The van der Waals surface area contributed by atoms with E-state index in [0.29, 0.717) is 0 Å². The Labute approximate surface area is 137 Å². The molecule has 1 aliphatic rings. The second-order valence-corrected chi connectivity index (χ2v) is 9.44. The van der Waals surface area contributed by atoms with Crippen molar-refractivity contribution >= 4 is 27.7 Å². The lowest BCUT2D eigenvalue weighted by Crippen LogP contribution is -2.15. The highest BCUT2D eigenvalue weighted by molar-refractivity contribution is 7.65. The number of rotatable bonds is 6. The molecule has 0 radical (unpaired) electrons. The average molecular weight is 326 g/mol. The summed E-state index contributed by atoms with van der Waals surface area (Å²) in [6.45, 7) is 2.41. The van der Waals surface area contributed by atoms with Crippen molar-refractivity contribution in [3.8, 4) is 11.1 Å². The molecule has 2 atom stereocenters. The van der Waals surface area contributed by atoms with Gasteiger partial charge in [0.15, 0.2) is 0 Å². The summed E-state index contributed by atoms with van der Waals surface area (Å²) in [6, 6.07) is 18.1. The highest BCUT2D eigenvalue weighted by atomic mass is 31.1. The fourth-order valence-corrected chi connectivity index (χ4v) is 6.69. The van der Waals surface area contributed by atoms with Gasteiger partial charge < -0.3 is 0 Å². The van der Waals surface area contributed by atoms with Crippen LogP contribution in [0.3, 0.4) is 0 Å². The second-order valence-electron chi connectivity index (χ2n) is 6.23. The van der Waals surface area contributed by atoms with Crippen molar-refractivity contribution in [2.45, 2.75) is 25.9 Å². The number of benzene rings is 2. The quantitative estimate of drug-likeness (QED) is 0.591. The Morgan fingerprint density at radius 1 is 1.05 bits per heavy atom. The van der Waals surface area contributed by atoms with Gasteiger partial charge >= 0.3 is 0 Å². The third-order valence-electron chi connectivity index (χ3n) is 4.59. The Morgan fingerprint density at radius 2 is 1.77 bits per heavy atom. The largest absolute Gasteiger partial charge is 0.112 e. The molecule has 2 heteroatoms. The molecular weight excluding hydrogens is 302 g/mol. The molecule has 2 aromatic rings. The lowest BCUT2D eigenvalue weighted by Gasteiger charge is -2.29. The molecule has 1 heterocycles. The first-order valence-electron chi connectivity index (χ1n) is 8.14. The fraction of sp³-hybridized carbons (Fsp3) is 0.350. The minimum Gasteiger partial charge on any atom is -0.112 e. The molecule has 2 aromatic carbocycles. The molecule has 0 amide bonds. The Morgan fingerprint density at radius 3 is 2.59 bits per heavy atom. The SMILES string of the molecule is C=PCCC(C)CCP1Cc2ccccc2-c2ccccc21. The summed E-state index contributed by atoms with van der Waals surface area (Å²) in [6.07, 6.45) is 10.5. The summed E-state index contributed by atoms with van der Waals surface area (Å²) in [5, 5.41) is 1.62. The van der Waals surface area contributed by atoms with Gasteiger partial charge in [0.05, 0.1) is 0 Å². The zero-order valence-electron chi connectivity index (χ0n) is 13.3. The van der Waals surface area contributed by atoms with E-state index in [4.69, 9.17) is 0 Å². The van der Waals surface area contributed by atoms with Gasteiger partial charge in [-0.05, 0) is 59.2 Å². The van der Waals surface area contributed by atoms with E-state index in [-0.39, 0.29) is 7.92 Å². The molecule has 2 unspecified atom stereocenters. The smallest absolute Gasteiger partial charge is 0.00264 e. The normalized spacial score (nSPS) is 17.8. The van der Waals surface area contributed by atoms with Crippen molar-refractivity contribution in [2.24, 2.45) is 5.92 Å². The molecule has 0 saturated heterocycles. The van der Waals surface area contributed by atoms with Crippen molar-refractivity contribution in [1.29, 1.82) is 0 Å². The molecule has 0 N–H and O–H groups in total. The standard InChI is InChI=1S/C20H24P2/c1-16(11-13-21-2)12-14-22-15-17-7-3-4-8-18(17)19-9-5-6-10-20(19)22/h3-10,16H,2,11-15H2,1H3. The molecule has 0 saturated carbocycles. The molecule has 0 fully saturated rings.